The highest BCUT2D eigenvalue weighted by molar-refractivity contribution is 5.58. The van der Waals surface area contributed by atoms with Crippen LogP contribution in [0.3, 0.4) is 0 Å². The summed E-state index contributed by atoms with van der Waals surface area (Å²) in [4.78, 5) is 2.25. The quantitative estimate of drug-likeness (QED) is 0.832. The highest BCUT2D eigenvalue weighted by Gasteiger charge is 2.05. The van der Waals surface area contributed by atoms with Crippen molar-refractivity contribution in [2.75, 3.05) is 17.7 Å². The second-order valence-electron chi connectivity index (χ2n) is 4.89. The van der Waals surface area contributed by atoms with Gasteiger partial charge >= 0.3 is 0 Å². The maximum atomic E-state index is 5.78. The van der Waals surface area contributed by atoms with Crippen molar-refractivity contribution >= 4 is 11.4 Å². The van der Waals surface area contributed by atoms with E-state index in [-0.39, 0.29) is 0 Å². The van der Waals surface area contributed by atoms with E-state index in [0.717, 1.165) is 12.2 Å². The maximum absolute atomic E-state index is 5.78. The largest absolute Gasteiger partial charge is 0.399 e. The molecule has 0 saturated heterocycles. The van der Waals surface area contributed by atoms with E-state index in [1.165, 1.54) is 22.4 Å². The van der Waals surface area contributed by atoms with Gasteiger partial charge in [-0.3, -0.25) is 0 Å². The van der Waals surface area contributed by atoms with Crippen LogP contribution in [0.2, 0.25) is 0 Å². The normalized spacial score (nSPS) is 10.4. The predicted molar refractivity (Wildman–Crippen MR) is 78.9 cm³/mol. The molecule has 2 rings (SSSR count). The van der Waals surface area contributed by atoms with Gasteiger partial charge in [-0.15, -0.1) is 0 Å². The topological polar surface area (TPSA) is 29.3 Å². The van der Waals surface area contributed by atoms with Crippen LogP contribution in [-0.2, 0) is 6.54 Å². The molecule has 0 radical (unpaired) electrons. The monoisotopic (exact) mass is 240 g/mol. The molecular weight excluding hydrogens is 220 g/mol. The Morgan fingerprint density at radius 3 is 2.50 bits per heavy atom. The molecule has 0 unspecified atom stereocenters. The van der Waals surface area contributed by atoms with Gasteiger partial charge < -0.3 is 10.6 Å². The predicted octanol–water partition coefficient (Wildman–Crippen LogP) is 3.52. The van der Waals surface area contributed by atoms with Crippen LogP contribution < -0.4 is 10.6 Å². The van der Waals surface area contributed by atoms with Crippen molar-refractivity contribution in [3.05, 3.63) is 59.2 Å². The summed E-state index contributed by atoms with van der Waals surface area (Å²) < 4.78 is 0. The fraction of sp³-hybridized carbons (Fsp3) is 0.250. The van der Waals surface area contributed by atoms with Gasteiger partial charge in [-0.05, 0) is 43.2 Å². The Hall–Kier alpha value is -1.96. The van der Waals surface area contributed by atoms with E-state index in [1.807, 2.05) is 12.1 Å². The number of nitrogens with zero attached hydrogens (tertiary/aromatic N) is 1. The Labute approximate surface area is 109 Å². The number of anilines is 2. The van der Waals surface area contributed by atoms with Crippen molar-refractivity contribution in [3.8, 4) is 0 Å². The Morgan fingerprint density at radius 1 is 1.06 bits per heavy atom. The lowest BCUT2D eigenvalue weighted by molar-refractivity contribution is 0.916. The Balaban J connectivity index is 2.19. The third-order valence-corrected chi connectivity index (χ3v) is 3.13. The molecule has 2 nitrogen and oxygen atoms in total. The van der Waals surface area contributed by atoms with Crippen molar-refractivity contribution in [2.45, 2.75) is 20.4 Å². The molecule has 0 aromatic heterocycles. The van der Waals surface area contributed by atoms with Crippen molar-refractivity contribution in [1.29, 1.82) is 0 Å². The van der Waals surface area contributed by atoms with E-state index in [9.17, 15) is 0 Å². The zero-order valence-electron chi connectivity index (χ0n) is 11.3. The number of rotatable bonds is 3. The zero-order chi connectivity index (χ0) is 13.1. The number of hydrogen-bond donors (Lipinski definition) is 1. The maximum Gasteiger partial charge on any atom is 0.0426 e. The van der Waals surface area contributed by atoms with Crippen molar-refractivity contribution in [1.82, 2.24) is 0 Å². The fourth-order valence-electron chi connectivity index (χ4n) is 2.28. The smallest absolute Gasteiger partial charge is 0.0426 e. The summed E-state index contributed by atoms with van der Waals surface area (Å²) in [6.45, 7) is 5.13. The number of hydrogen-bond acceptors (Lipinski definition) is 2. The second kappa shape index (κ2) is 5.13. The first-order chi connectivity index (χ1) is 8.56. The van der Waals surface area contributed by atoms with E-state index in [1.54, 1.807) is 0 Å². The minimum atomic E-state index is 0.820. The fourth-order valence-corrected chi connectivity index (χ4v) is 2.28. The van der Waals surface area contributed by atoms with Crippen LogP contribution in [0.15, 0.2) is 42.5 Å². The summed E-state index contributed by atoms with van der Waals surface area (Å²) in [6.07, 6.45) is 0. The van der Waals surface area contributed by atoms with Gasteiger partial charge in [-0.2, -0.15) is 0 Å². The third-order valence-electron chi connectivity index (χ3n) is 3.13. The van der Waals surface area contributed by atoms with Gasteiger partial charge in [0.2, 0.25) is 0 Å². The van der Waals surface area contributed by atoms with E-state index in [0.29, 0.717) is 0 Å². The number of benzene rings is 2. The van der Waals surface area contributed by atoms with Gasteiger partial charge in [0.25, 0.3) is 0 Å². The first-order valence-corrected chi connectivity index (χ1v) is 6.19. The van der Waals surface area contributed by atoms with Crippen LogP contribution in [0.4, 0.5) is 11.4 Å². The Kier molecular flexibility index (Phi) is 3.56. The standard InChI is InChI=1S/C16H20N2/c1-12-5-4-6-14(9-12)11-18(3)16-8-7-15(17)10-13(16)2/h4-10H,11,17H2,1-3H3. The zero-order valence-corrected chi connectivity index (χ0v) is 11.3. The van der Waals surface area contributed by atoms with Gasteiger partial charge in [0.1, 0.15) is 0 Å². The summed E-state index contributed by atoms with van der Waals surface area (Å²) >= 11 is 0. The van der Waals surface area contributed by atoms with Crippen LogP contribution in [0.5, 0.6) is 0 Å². The molecule has 0 atom stereocenters. The van der Waals surface area contributed by atoms with Crippen molar-refractivity contribution in [3.63, 3.8) is 0 Å². The third kappa shape index (κ3) is 2.83. The molecule has 0 spiro atoms. The van der Waals surface area contributed by atoms with Gasteiger partial charge in [0, 0.05) is 25.0 Å². The lowest BCUT2D eigenvalue weighted by Crippen LogP contribution is -2.17. The summed E-state index contributed by atoms with van der Waals surface area (Å²) in [5.41, 5.74) is 11.7. The lowest BCUT2D eigenvalue weighted by atomic mass is 10.1. The average molecular weight is 240 g/mol. The molecule has 0 aliphatic rings. The van der Waals surface area contributed by atoms with Gasteiger partial charge in [0.15, 0.2) is 0 Å². The van der Waals surface area contributed by atoms with E-state index >= 15 is 0 Å². The molecule has 0 fully saturated rings. The minimum absolute atomic E-state index is 0.820. The molecule has 94 valence electrons. The molecule has 0 bridgehead atoms. The second-order valence-corrected chi connectivity index (χ2v) is 4.89. The van der Waals surface area contributed by atoms with Crippen LogP contribution in [0.25, 0.3) is 0 Å². The molecule has 2 aromatic rings. The molecule has 0 amide bonds. The van der Waals surface area contributed by atoms with Crippen molar-refractivity contribution in [2.24, 2.45) is 0 Å². The Morgan fingerprint density at radius 2 is 1.83 bits per heavy atom. The highest BCUT2D eigenvalue weighted by Crippen LogP contribution is 2.22. The molecule has 0 aliphatic heterocycles. The molecule has 2 heteroatoms. The highest BCUT2D eigenvalue weighted by atomic mass is 15.1. The number of nitrogens with two attached hydrogens (primary N) is 1. The van der Waals surface area contributed by atoms with Gasteiger partial charge in [-0.25, -0.2) is 0 Å². The van der Waals surface area contributed by atoms with E-state index in [4.69, 9.17) is 5.73 Å². The molecule has 0 saturated carbocycles. The van der Waals surface area contributed by atoms with E-state index in [2.05, 4.69) is 56.1 Å². The summed E-state index contributed by atoms with van der Waals surface area (Å²) in [7, 11) is 2.11. The molecular formula is C16H20N2. The molecule has 2 N–H and O–H groups in total. The molecule has 18 heavy (non-hydrogen) atoms. The summed E-state index contributed by atoms with van der Waals surface area (Å²) in [6, 6.07) is 14.7. The SMILES string of the molecule is Cc1cccc(CN(C)c2ccc(N)cc2C)c1. The number of aryl methyl sites for hydroxylation is 2. The molecule has 2 aromatic carbocycles. The van der Waals surface area contributed by atoms with Crippen LogP contribution >= 0.6 is 0 Å². The minimum Gasteiger partial charge on any atom is -0.399 e. The van der Waals surface area contributed by atoms with E-state index < -0.39 is 0 Å². The van der Waals surface area contributed by atoms with Crippen molar-refractivity contribution < 1.29 is 0 Å². The average Bonchev–Trinajstić information content (AvgIpc) is 2.28. The number of nitrogen functional groups attached to an aromatic ring is 1. The first kappa shape index (κ1) is 12.5. The Bertz CT molecular complexity index is 547. The van der Waals surface area contributed by atoms with Crippen LogP contribution in [0.1, 0.15) is 16.7 Å². The molecule has 0 aliphatic carbocycles. The summed E-state index contributed by atoms with van der Waals surface area (Å²) in [5.74, 6) is 0. The van der Waals surface area contributed by atoms with Gasteiger partial charge in [-0.1, -0.05) is 29.8 Å². The lowest BCUT2D eigenvalue weighted by Gasteiger charge is -2.22. The molecule has 0 heterocycles. The van der Waals surface area contributed by atoms with Gasteiger partial charge in [0.05, 0.1) is 0 Å². The van der Waals surface area contributed by atoms with Crippen LogP contribution in [0, 0.1) is 13.8 Å². The summed E-state index contributed by atoms with van der Waals surface area (Å²) in [5, 5.41) is 0. The van der Waals surface area contributed by atoms with Crippen LogP contribution in [-0.4, -0.2) is 7.05 Å². The first-order valence-electron chi connectivity index (χ1n) is 6.19.